The minimum absolute atomic E-state index is 0.0205. The summed E-state index contributed by atoms with van der Waals surface area (Å²) < 4.78 is 33.4. The predicted octanol–water partition coefficient (Wildman–Crippen LogP) is 5.75. The lowest BCUT2D eigenvalue weighted by molar-refractivity contribution is -0.119. The molecule has 184 valence electrons. The van der Waals surface area contributed by atoms with Crippen molar-refractivity contribution >= 4 is 11.6 Å². The molecule has 1 amide bonds. The highest BCUT2D eigenvalue weighted by atomic mass is 19.1. The van der Waals surface area contributed by atoms with E-state index in [1.807, 2.05) is 0 Å². The van der Waals surface area contributed by atoms with Gasteiger partial charge in [0.15, 0.2) is 0 Å². The number of hydrogen-bond donors (Lipinski definition) is 0. The number of amides is 1. The number of nitrogens with zero attached hydrogens (tertiary/aromatic N) is 2. The molecule has 4 rings (SSSR count). The standard InChI is InChI=1S/C28H36F2N2O2/c1-2-17-34-18-16-31-14-11-21(12-15-31)19-28(33)32-13-3-4-25(22-5-7-23(29)8-6-22)26-10-9-24(30)20-27(26)32/h5-10,20-21,25H,2-4,11-19H2,1H3/t25-/m1/s1. The number of likely N-dealkylation sites (tertiary alicyclic amines) is 1. The van der Waals surface area contributed by atoms with Gasteiger partial charge < -0.3 is 14.5 Å². The molecule has 1 fully saturated rings. The molecule has 2 heterocycles. The van der Waals surface area contributed by atoms with Crippen LogP contribution in [0.2, 0.25) is 0 Å². The average Bonchev–Trinajstić information content (AvgIpc) is 3.03. The SMILES string of the molecule is CCCOCCN1CCC(CC(=O)N2CCC[C@H](c3ccc(F)cc3)c3ccc(F)cc32)CC1. The van der Waals surface area contributed by atoms with Crippen molar-refractivity contribution in [3.05, 3.63) is 65.2 Å². The van der Waals surface area contributed by atoms with Crippen molar-refractivity contribution in [1.29, 1.82) is 0 Å². The maximum Gasteiger partial charge on any atom is 0.227 e. The normalized spacial score (nSPS) is 19.6. The van der Waals surface area contributed by atoms with Gasteiger partial charge in [0.1, 0.15) is 11.6 Å². The molecular formula is C28H36F2N2O2. The molecule has 0 spiro atoms. The minimum Gasteiger partial charge on any atom is -0.380 e. The van der Waals surface area contributed by atoms with Gasteiger partial charge in [-0.1, -0.05) is 25.1 Å². The molecule has 0 N–H and O–H groups in total. The van der Waals surface area contributed by atoms with Crippen molar-refractivity contribution in [3.63, 3.8) is 0 Å². The van der Waals surface area contributed by atoms with Crippen molar-refractivity contribution in [2.45, 2.75) is 51.4 Å². The summed E-state index contributed by atoms with van der Waals surface area (Å²) in [5.74, 6) is -0.153. The van der Waals surface area contributed by atoms with Gasteiger partial charge >= 0.3 is 0 Å². The van der Waals surface area contributed by atoms with Crippen LogP contribution in [0, 0.1) is 17.6 Å². The lowest BCUT2D eigenvalue weighted by Crippen LogP contribution is -2.39. The van der Waals surface area contributed by atoms with Crippen LogP contribution in [0.5, 0.6) is 0 Å². The van der Waals surface area contributed by atoms with Crippen LogP contribution in [0.3, 0.4) is 0 Å². The Morgan fingerprint density at radius 2 is 1.71 bits per heavy atom. The van der Waals surface area contributed by atoms with Crippen molar-refractivity contribution in [3.8, 4) is 0 Å². The zero-order chi connectivity index (χ0) is 23.9. The number of ether oxygens (including phenoxy) is 1. The van der Waals surface area contributed by atoms with Crippen molar-refractivity contribution in [2.24, 2.45) is 5.92 Å². The first-order chi connectivity index (χ1) is 16.5. The first-order valence-electron chi connectivity index (χ1n) is 12.7. The number of piperidine rings is 1. The molecule has 34 heavy (non-hydrogen) atoms. The summed E-state index contributed by atoms with van der Waals surface area (Å²) in [6, 6.07) is 11.3. The predicted molar refractivity (Wildman–Crippen MR) is 131 cm³/mol. The quantitative estimate of drug-likeness (QED) is 0.461. The summed E-state index contributed by atoms with van der Waals surface area (Å²) >= 11 is 0. The van der Waals surface area contributed by atoms with E-state index in [4.69, 9.17) is 4.74 Å². The highest BCUT2D eigenvalue weighted by Crippen LogP contribution is 2.39. The second-order valence-electron chi connectivity index (χ2n) is 9.60. The average molecular weight is 471 g/mol. The number of anilines is 1. The molecule has 1 saturated heterocycles. The van der Waals surface area contributed by atoms with E-state index < -0.39 is 0 Å². The minimum atomic E-state index is -0.338. The monoisotopic (exact) mass is 470 g/mol. The molecule has 0 bridgehead atoms. The molecule has 6 heteroatoms. The van der Waals surface area contributed by atoms with E-state index in [1.165, 1.54) is 24.3 Å². The lowest BCUT2D eigenvalue weighted by Gasteiger charge is -2.33. The van der Waals surface area contributed by atoms with Crippen LogP contribution in [0.1, 0.15) is 62.5 Å². The molecule has 2 aliphatic rings. The second kappa shape index (κ2) is 11.9. The van der Waals surface area contributed by atoms with Gasteiger partial charge in [-0.05, 0) is 86.5 Å². The van der Waals surface area contributed by atoms with Crippen LogP contribution in [-0.2, 0) is 9.53 Å². The summed E-state index contributed by atoms with van der Waals surface area (Å²) in [7, 11) is 0. The number of fused-ring (bicyclic) bond motifs is 1. The van der Waals surface area contributed by atoms with Crippen molar-refractivity contribution in [2.75, 3.05) is 44.3 Å². The number of halogens is 2. The van der Waals surface area contributed by atoms with Gasteiger partial charge in [-0.15, -0.1) is 0 Å². The van der Waals surface area contributed by atoms with E-state index in [-0.39, 0.29) is 23.5 Å². The van der Waals surface area contributed by atoms with Gasteiger partial charge in [-0.25, -0.2) is 8.78 Å². The Balaban J connectivity index is 1.42. The Morgan fingerprint density at radius 1 is 0.971 bits per heavy atom. The second-order valence-corrected chi connectivity index (χ2v) is 9.60. The number of carbonyl (C=O) groups excluding carboxylic acids is 1. The number of carbonyl (C=O) groups is 1. The third kappa shape index (κ3) is 6.22. The maximum atomic E-state index is 14.3. The zero-order valence-corrected chi connectivity index (χ0v) is 20.1. The Morgan fingerprint density at radius 3 is 2.44 bits per heavy atom. The first-order valence-corrected chi connectivity index (χ1v) is 12.7. The van der Waals surface area contributed by atoms with Crippen LogP contribution < -0.4 is 4.90 Å². The smallest absolute Gasteiger partial charge is 0.227 e. The summed E-state index contributed by atoms with van der Waals surface area (Å²) in [6.07, 6.45) is 5.20. The van der Waals surface area contributed by atoms with E-state index in [1.54, 1.807) is 23.1 Å². The first kappa shape index (κ1) is 24.8. The van der Waals surface area contributed by atoms with Gasteiger partial charge in [0.05, 0.1) is 12.3 Å². The van der Waals surface area contributed by atoms with Crippen LogP contribution in [0.15, 0.2) is 42.5 Å². The molecule has 4 nitrogen and oxygen atoms in total. The largest absolute Gasteiger partial charge is 0.380 e. The summed E-state index contributed by atoms with van der Waals surface area (Å²) in [5.41, 5.74) is 2.61. The molecule has 0 unspecified atom stereocenters. The topological polar surface area (TPSA) is 32.8 Å². The fourth-order valence-corrected chi connectivity index (χ4v) is 5.29. The van der Waals surface area contributed by atoms with Gasteiger partial charge in [0.2, 0.25) is 5.91 Å². The van der Waals surface area contributed by atoms with E-state index in [9.17, 15) is 13.6 Å². The van der Waals surface area contributed by atoms with E-state index in [0.717, 1.165) is 76.1 Å². The summed E-state index contributed by atoms with van der Waals surface area (Å²) in [6.45, 7) is 7.21. The third-order valence-electron chi connectivity index (χ3n) is 7.18. The van der Waals surface area contributed by atoms with Crippen molar-refractivity contribution < 1.29 is 18.3 Å². The Hall–Kier alpha value is -2.31. The van der Waals surface area contributed by atoms with Gasteiger partial charge in [0.25, 0.3) is 0 Å². The third-order valence-corrected chi connectivity index (χ3v) is 7.18. The zero-order valence-electron chi connectivity index (χ0n) is 20.1. The number of rotatable bonds is 8. The van der Waals surface area contributed by atoms with Crippen LogP contribution in [-0.4, -0.2) is 50.2 Å². The molecule has 2 aliphatic heterocycles. The molecule has 1 atom stereocenters. The van der Waals surface area contributed by atoms with Crippen molar-refractivity contribution in [1.82, 2.24) is 4.90 Å². The Kier molecular flexibility index (Phi) is 8.68. The molecular weight excluding hydrogens is 434 g/mol. The fourth-order valence-electron chi connectivity index (χ4n) is 5.29. The van der Waals surface area contributed by atoms with E-state index >= 15 is 0 Å². The maximum absolute atomic E-state index is 14.3. The summed E-state index contributed by atoms with van der Waals surface area (Å²) in [4.78, 5) is 17.6. The lowest BCUT2D eigenvalue weighted by atomic mass is 9.87. The van der Waals surface area contributed by atoms with E-state index in [2.05, 4.69) is 11.8 Å². The number of hydrogen-bond acceptors (Lipinski definition) is 3. The van der Waals surface area contributed by atoms with Gasteiger partial charge in [-0.3, -0.25) is 4.79 Å². The fraction of sp³-hybridized carbons (Fsp3) is 0.536. The highest BCUT2D eigenvalue weighted by molar-refractivity contribution is 5.94. The van der Waals surface area contributed by atoms with Gasteiger partial charge in [-0.2, -0.15) is 0 Å². The van der Waals surface area contributed by atoms with E-state index in [0.29, 0.717) is 24.6 Å². The molecule has 2 aromatic rings. The van der Waals surface area contributed by atoms with Crippen LogP contribution in [0.25, 0.3) is 0 Å². The highest BCUT2D eigenvalue weighted by Gasteiger charge is 2.30. The molecule has 2 aromatic carbocycles. The molecule has 0 aromatic heterocycles. The van der Waals surface area contributed by atoms with Crippen LogP contribution >= 0.6 is 0 Å². The Labute approximate surface area is 201 Å². The summed E-state index contributed by atoms with van der Waals surface area (Å²) in [5, 5.41) is 0. The van der Waals surface area contributed by atoms with Crippen LogP contribution in [0.4, 0.5) is 14.5 Å². The molecule has 0 aliphatic carbocycles. The number of benzene rings is 2. The molecule has 0 radical (unpaired) electrons. The Bertz CT molecular complexity index is 942. The molecule has 0 saturated carbocycles. The van der Waals surface area contributed by atoms with Gasteiger partial charge in [0, 0.05) is 32.0 Å².